The molecule has 0 fully saturated rings. The molecule has 0 saturated carbocycles. The maximum Gasteiger partial charge on any atom is 0.164 e. The van der Waals surface area contributed by atoms with E-state index in [9.17, 15) is 0 Å². The van der Waals surface area contributed by atoms with Crippen LogP contribution in [-0.4, -0.2) is 15.0 Å². The van der Waals surface area contributed by atoms with Crippen LogP contribution in [0.25, 0.3) is 109 Å². The Morgan fingerprint density at radius 3 is 1.35 bits per heavy atom. The number of nitrogens with zero attached hydrogens (tertiary/aromatic N) is 3. The van der Waals surface area contributed by atoms with Crippen LogP contribution >= 0.6 is 11.3 Å². The van der Waals surface area contributed by atoms with E-state index in [-0.39, 0.29) is 0 Å². The molecule has 0 radical (unpaired) electrons. The molecular formula is C53H33N3S. The Labute approximate surface area is 334 Å². The smallest absolute Gasteiger partial charge is 0.164 e. The number of hydrogen-bond donors (Lipinski definition) is 0. The lowest BCUT2D eigenvalue weighted by atomic mass is 9.93. The second-order valence-corrected chi connectivity index (χ2v) is 15.5. The molecule has 0 saturated heterocycles. The molecule has 9 aromatic carbocycles. The first kappa shape index (κ1) is 33.1. The van der Waals surface area contributed by atoms with Gasteiger partial charge < -0.3 is 0 Å². The zero-order valence-electron chi connectivity index (χ0n) is 30.8. The maximum absolute atomic E-state index is 5.06. The van der Waals surface area contributed by atoms with Crippen LogP contribution in [-0.2, 0) is 0 Å². The van der Waals surface area contributed by atoms with Gasteiger partial charge in [0.1, 0.15) is 0 Å². The number of aromatic nitrogens is 3. The first-order valence-corrected chi connectivity index (χ1v) is 20.0. The Hall–Kier alpha value is -7.27. The van der Waals surface area contributed by atoms with Gasteiger partial charge in [0, 0.05) is 36.9 Å². The molecule has 0 aliphatic carbocycles. The van der Waals surface area contributed by atoms with Crippen LogP contribution in [0.3, 0.4) is 0 Å². The molecule has 0 N–H and O–H groups in total. The van der Waals surface area contributed by atoms with Gasteiger partial charge in [-0.3, -0.25) is 0 Å². The van der Waals surface area contributed by atoms with E-state index >= 15 is 0 Å². The van der Waals surface area contributed by atoms with Crippen LogP contribution in [0.1, 0.15) is 0 Å². The summed E-state index contributed by atoms with van der Waals surface area (Å²) in [5.41, 5.74) is 9.91. The Balaban J connectivity index is 0.914. The standard InChI is InChI=1S/C53H33N3S/c1-2-10-38(11-3-1)51-54-52(56-53(55-51)40-28-24-37(25-29-40)47-33-42-12-4-5-13-43(42)44-14-6-7-15-45(44)47)39-26-22-35(23-27-39)34-18-20-36(21-19-34)41-30-31-50-48(32-41)46-16-8-9-17-49(46)57-50/h1-33H. The van der Waals surface area contributed by atoms with Crippen molar-refractivity contribution in [3.8, 4) is 67.5 Å². The lowest BCUT2D eigenvalue weighted by Gasteiger charge is -2.12. The molecule has 11 rings (SSSR count). The third-order valence-corrected chi connectivity index (χ3v) is 12.1. The first-order chi connectivity index (χ1) is 28.2. The Morgan fingerprint density at radius 1 is 0.263 bits per heavy atom. The summed E-state index contributed by atoms with van der Waals surface area (Å²) in [5, 5.41) is 7.63. The Bertz CT molecular complexity index is 3260. The lowest BCUT2D eigenvalue weighted by molar-refractivity contribution is 1.07. The second kappa shape index (κ2) is 13.8. The zero-order valence-corrected chi connectivity index (χ0v) is 31.6. The predicted molar refractivity (Wildman–Crippen MR) is 240 cm³/mol. The van der Waals surface area contributed by atoms with E-state index in [1.807, 2.05) is 41.7 Å². The van der Waals surface area contributed by atoms with Crippen molar-refractivity contribution in [3.63, 3.8) is 0 Å². The Morgan fingerprint density at radius 2 is 0.702 bits per heavy atom. The molecule has 0 aliphatic rings. The minimum atomic E-state index is 0.640. The number of rotatable bonds is 6. The van der Waals surface area contributed by atoms with E-state index in [0.29, 0.717) is 17.5 Å². The fourth-order valence-electron chi connectivity index (χ4n) is 8.01. The molecule has 2 heterocycles. The van der Waals surface area contributed by atoms with Crippen molar-refractivity contribution in [2.75, 3.05) is 0 Å². The molecule has 0 unspecified atom stereocenters. The molecule has 3 nitrogen and oxygen atoms in total. The van der Waals surface area contributed by atoms with Crippen LogP contribution in [0.2, 0.25) is 0 Å². The van der Waals surface area contributed by atoms with Crippen LogP contribution in [0, 0.1) is 0 Å². The van der Waals surface area contributed by atoms with Crippen molar-refractivity contribution in [1.82, 2.24) is 15.0 Å². The summed E-state index contributed by atoms with van der Waals surface area (Å²) in [6, 6.07) is 71.2. The molecule has 57 heavy (non-hydrogen) atoms. The lowest BCUT2D eigenvalue weighted by Crippen LogP contribution is -2.00. The van der Waals surface area contributed by atoms with E-state index < -0.39 is 0 Å². The van der Waals surface area contributed by atoms with Gasteiger partial charge in [0.05, 0.1) is 0 Å². The van der Waals surface area contributed by atoms with Gasteiger partial charge in [0.2, 0.25) is 0 Å². The van der Waals surface area contributed by atoms with Crippen molar-refractivity contribution in [1.29, 1.82) is 0 Å². The van der Waals surface area contributed by atoms with Crippen molar-refractivity contribution in [2.24, 2.45) is 0 Å². The zero-order chi connectivity index (χ0) is 37.7. The largest absolute Gasteiger partial charge is 0.208 e. The van der Waals surface area contributed by atoms with E-state index in [1.54, 1.807) is 0 Å². The molecule has 0 aliphatic heterocycles. The van der Waals surface area contributed by atoms with Crippen molar-refractivity contribution < 1.29 is 0 Å². The SMILES string of the molecule is c1ccc(-c2nc(-c3ccc(-c4ccc(-c5ccc6sc7ccccc7c6c5)cc4)cc3)nc(-c3ccc(-c4cc5ccccc5c5ccccc45)cc3)n2)cc1. The summed E-state index contributed by atoms with van der Waals surface area (Å²) in [5.74, 6) is 1.93. The monoisotopic (exact) mass is 743 g/mol. The highest BCUT2D eigenvalue weighted by Crippen LogP contribution is 2.38. The molecule has 11 aromatic rings. The summed E-state index contributed by atoms with van der Waals surface area (Å²) in [4.78, 5) is 15.0. The summed E-state index contributed by atoms with van der Waals surface area (Å²) >= 11 is 1.85. The summed E-state index contributed by atoms with van der Waals surface area (Å²) in [6.07, 6.45) is 0. The molecular weight excluding hydrogens is 711 g/mol. The Kier molecular flexibility index (Phi) is 8.01. The molecule has 4 heteroatoms. The number of fused-ring (bicyclic) bond motifs is 6. The average Bonchev–Trinajstić information content (AvgIpc) is 3.67. The molecule has 0 atom stereocenters. The van der Waals surface area contributed by atoms with E-state index in [2.05, 4.69) is 170 Å². The van der Waals surface area contributed by atoms with Gasteiger partial charge >= 0.3 is 0 Å². The highest BCUT2D eigenvalue weighted by molar-refractivity contribution is 7.25. The topological polar surface area (TPSA) is 38.7 Å². The van der Waals surface area contributed by atoms with Crippen molar-refractivity contribution in [2.45, 2.75) is 0 Å². The second-order valence-electron chi connectivity index (χ2n) is 14.4. The van der Waals surface area contributed by atoms with Gasteiger partial charge in [-0.2, -0.15) is 0 Å². The number of benzene rings is 9. The molecule has 266 valence electrons. The molecule has 0 bridgehead atoms. The summed E-state index contributed by atoms with van der Waals surface area (Å²) < 4.78 is 2.65. The predicted octanol–water partition coefficient (Wildman–Crippen LogP) is 14.5. The normalized spacial score (nSPS) is 11.5. The van der Waals surface area contributed by atoms with Crippen molar-refractivity contribution >= 4 is 53.1 Å². The van der Waals surface area contributed by atoms with Gasteiger partial charge in [-0.15, -0.1) is 11.3 Å². The van der Waals surface area contributed by atoms with Crippen LogP contribution in [0.4, 0.5) is 0 Å². The highest BCUT2D eigenvalue weighted by Gasteiger charge is 2.15. The minimum absolute atomic E-state index is 0.640. The maximum atomic E-state index is 5.06. The third kappa shape index (κ3) is 6.04. The van der Waals surface area contributed by atoms with E-state index in [1.165, 1.54) is 58.4 Å². The van der Waals surface area contributed by atoms with Gasteiger partial charge in [0.25, 0.3) is 0 Å². The quantitative estimate of drug-likeness (QED) is 0.159. The van der Waals surface area contributed by atoms with Crippen LogP contribution in [0.5, 0.6) is 0 Å². The fraction of sp³-hybridized carbons (Fsp3) is 0. The van der Waals surface area contributed by atoms with Crippen molar-refractivity contribution in [3.05, 3.63) is 200 Å². The van der Waals surface area contributed by atoms with E-state index in [0.717, 1.165) is 33.4 Å². The highest BCUT2D eigenvalue weighted by atomic mass is 32.1. The van der Waals surface area contributed by atoms with Crippen LogP contribution in [0.15, 0.2) is 200 Å². The average molecular weight is 744 g/mol. The van der Waals surface area contributed by atoms with E-state index in [4.69, 9.17) is 15.0 Å². The van der Waals surface area contributed by atoms with Crippen LogP contribution < -0.4 is 0 Å². The van der Waals surface area contributed by atoms with Gasteiger partial charge in [-0.25, -0.2) is 15.0 Å². The van der Waals surface area contributed by atoms with Gasteiger partial charge in [-0.05, 0) is 79.2 Å². The first-order valence-electron chi connectivity index (χ1n) is 19.2. The summed E-state index contributed by atoms with van der Waals surface area (Å²) in [6.45, 7) is 0. The summed E-state index contributed by atoms with van der Waals surface area (Å²) in [7, 11) is 0. The van der Waals surface area contributed by atoms with Gasteiger partial charge in [0.15, 0.2) is 17.5 Å². The molecule has 0 spiro atoms. The molecule has 0 amide bonds. The van der Waals surface area contributed by atoms with Gasteiger partial charge in [-0.1, -0.05) is 176 Å². The number of hydrogen-bond acceptors (Lipinski definition) is 4. The fourth-order valence-corrected chi connectivity index (χ4v) is 9.10. The number of thiophene rings is 1. The molecule has 2 aromatic heterocycles. The third-order valence-electron chi connectivity index (χ3n) is 11.0. The minimum Gasteiger partial charge on any atom is -0.208 e.